The molecule has 154 valence electrons. The molecule has 0 aromatic carbocycles. The Kier molecular flexibility index (Phi) is 4.75. The second-order valence-corrected chi connectivity index (χ2v) is 7.90. The average molecular weight is 430 g/mol. The average Bonchev–Trinajstić information content (AvgIpc) is 3.55. The molecule has 5 aromatic heterocycles. The number of aryl methyl sites for hydroxylation is 2. The van der Waals surface area contributed by atoms with Crippen LogP contribution in [0.5, 0.6) is 0 Å². The highest BCUT2D eigenvalue weighted by Crippen LogP contribution is 2.29. The van der Waals surface area contributed by atoms with E-state index in [0.29, 0.717) is 23.6 Å². The lowest BCUT2D eigenvalue weighted by Crippen LogP contribution is -2.24. The van der Waals surface area contributed by atoms with Gasteiger partial charge in [0.05, 0.1) is 27.2 Å². The number of pyridine rings is 2. The molecule has 10 heteroatoms. The highest BCUT2D eigenvalue weighted by atomic mass is 32.1. The van der Waals surface area contributed by atoms with Crippen LogP contribution in [0.4, 0.5) is 0 Å². The number of carbonyl (C=O) groups is 1. The third-order valence-electron chi connectivity index (χ3n) is 4.93. The Hall–Kier alpha value is -3.92. The molecule has 0 aliphatic carbocycles. The Morgan fingerprint density at radius 3 is 2.94 bits per heavy atom. The number of fused-ring (bicyclic) bond motifs is 1. The molecule has 0 spiro atoms. The number of thiophene rings is 1. The summed E-state index contributed by atoms with van der Waals surface area (Å²) in [7, 11) is 1.84. The van der Waals surface area contributed by atoms with Crippen LogP contribution in [0, 0.1) is 6.92 Å². The van der Waals surface area contributed by atoms with Crippen molar-refractivity contribution in [3.8, 4) is 16.4 Å². The zero-order valence-corrected chi connectivity index (χ0v) is 17.7. The molecular weight excluding hydrogens is 412 g/mol. The fourth-order valence-electron chi connectivity index (χ4n) is 3.54. The molecule has 5 rings (SSSR count). The molecule has 0 unspecified atom stereocenters. The van der Waals surface area contributed by atoms with Crippen molar-refractivity contribution >= 4 is 28.3 Å². The molecule has 31 heavy (non-hydrogen) atoms. The molecule has 0 radical (unpaired) electrons. The van der Waals surface area contributed by atoms with Gasteiger partial charge < -0.3 is 5.32 Å². The molecule has 5 heterocycles. The molecule has 5 aromatic rings. The van der Waals surface area contributed by atoms with Gasteiger partial charge in [-0.15, -0.1) is 11.3 Å². The predicted octanol–water partition coefficient (Wildman–Crippen LogP) is 2.91. The van der Waals surface area contributed by atoms with Crippen LogP contribution in [0.1, 0.15) is 21.6 Å². The Morgan fingerprint density at radius 2 is 2.16 bits per heavy atom. The maximum atomic E-state index is 13.3. The number of hydrogen-bond donors (Lipinski definition) is 1. The number of hydrogen-bond acceptors (Lipinski definition) is 7. The summed E-state index contributed by atoms with van der Waals surface area (Å²) in [4.78, 5) is 27.4. The normalized spacial score (nSPS) is 11.2. The monoisotopic (exact) mass is 430 g/mol. The topological polar surface area (TPSA) is 103 Å². The Morgan fingerprint density at radius 1 is 1.26 bits per heavy atom. The number of nitrogens with zero attached hydrogens (tertiary/aromatic N) is 7. The van der Waals surface area contributed by atoms with Gasteiger partial charge in [-0.3, -0.25) is 9.48 Å². The fourth-order valence-corrected chi connectivity index (χ4v) is 4.22. The first-order chi connectivity index (χ1) is 15.1. The largest absolute Gasteiger partial charge is 0.348 e. The van der Waals surface area contributed by atoms with E-state index in [1.165, 1.54) is 6.33 Å². The van der Waals surface area contributed by atoms with Crippen LogP contribution in [-0.4, -0.2) is 40.4 Å². The van der Waals surface area contributed by atoms with Crippen LogP contribution in [0.15, 0.2) is 54.6 Å². The molecule has 0 bridgehead atoms. The maximum absolute atomic E-state index is 13.3. The van der Waals surface area contributed by atoms with Crippen LogP contribution in [0.3, 0.4) is 0 Å². The second kappa shape index (κ2) is 7.73. The van der Waals surface area contributed by atoms with Crippen molar-refractivity contribution in [3.63, 3.8) is 0 Å². The van der Waals surface area contributed by atoms with E-state index in [-0.39, 0.29) is 5.91 Å². The van der Waals surface area contributed by atoms with Crippen LogP contribution in [-0.2, 0) is 13.6 Å². The first kappa shape index (κ1) is 19.1. The molecule has 0 aliphatic heterocycles. The second-order valence-electron chi connectivity index (χ2n) is 6.95. The molecule has 9 nitrogen and oxygen atoms in total. The van der Waals surface area contributed by atoms with Crippen molar-refractivity contribution < 1.29 is 4.79 Å². The van der Waals surface area contributed by atoms with Gasteiger partial charge in [-0.1, -0.05) is 12.1 Å². The van der Waals surface area contributed by atoms with E-state index in [1.807, 2.05) is 49.7 Å². The van der Waals surface area contributed by atoms with Gasteiger partial charge in [0.25, 0.3) is 5.91 Å². The maximum Gasteiger partial charge on any atom is 0.252 e. The number of rotatable bonds is 5. The van der Waals surface area contributed by atoms with E-state index in [4.69, 9.17) is 4.98 Å². The lowest BCUT2D eigenvalue weighted by molar-refractivity contribution is 0.0952. The summed E-state index contributed by atoms with van der Waals surface area (Å²) in [5.41, 5.74) is 3.56. The molecule has 0 atom stereocenters. The number of carbonyl (C=O) groups excluding carboxylic acids is 1. The minimum atomic E-state index is -0.199. The summed E-state index contributed by atoms with van der Waals surface area (Å²) >= 11 is 1.58. The van der Waals surface area contributed by atoms with Gasteiger partial charge in [0, 0.05) is 25.4 Å². The first-order valence-electron chi connectivity index (χ1n) is 9.57. The smallest absolute Gasteiger partial charge is 0.252 e. The van der Waals surface area contributed by atoms with Crippen LogP contribution in [0.25, 0.3) is 27.4 Å². The summed E-state index contributed by atoms with van der Waals surface area (Å²) in [6.45, 7) is 2.18. The van der Waals surface area contributed by atoms with E-state index in [1.54, 1.807) is 33.2 Å². The van der Waals surface area contributed by atoms with E-state index in [0.717, 1.165) is 27.2 Å². The molecular formula is C21H18N8OS. The Balaban J connectivity index is 1.51. The van der Waals surface area contributed by atoms with Crippen molar-refractivity contribution in [2.75, 3.05) is 0 Å². The van der Waals surface area contributed by atoms with Gasteiger partial charge in [-0.2, -0.15) is 10.2 Å². The predicted molar refractivity (Wildman–Crippen MR) is 117 cm³/mol. The van der Waals surface area contributed by atoms with E-state index >= 15 is 0 Å². The minimum absolute atomic E-state index is 0.199. The van der Waals surface area contributed by atoms with Crippen molar-refractivity contribution in [2.24, 2.45) is 7.05 Å². The lowest BCUT2D eigenvalue weighted by atomic mass is 10.1. The van der Waals surface area contributed by atoms with E-state index in [2.05, 4.69) is 25.5 Å². The number of aromatic nitrogens is 7. The van der Waals surface area contributed by atoms with Gasteiger partial charge in [0.2, 0.25) is 0 Å². The van der Waals surface area contributed by atoms with Gasteiger partial charge in [-0.25, -0.2) is 19.6 Å². The highest BCUT2D eigenvalue weighted by Gasteiger charge is 2.20. The third kappa shape index (κ3) is 3.46. The molecule has 0 saturated carbocycles. The van der Waals surface area contributed by atoms with Gasteiger partial charge in [0.15, 0.2) is 11.5 Å². The summed E-state index contributed by atoms with van der Waals surface area (Å²) in [6, 6.07) is 9.52. The summed E-state index contributed by atoms with van der Waals surface area (Å²) in [5, 5.41) is 14.4. The van der Waals surface area contributed by atoms with Crippen LogP contribution < -0.4 is 5.32 Å². The zero-order valence-electron chi connectivity index (χ0n) is 16.9. The zero-order chi connectivity index (χ0) is 21.4. The van der Waals surface area contributed by atoms with Gasteiger partial charge >= 0.3 is 0 Å². The Bertz CT molecular complexity index is 1370. The van der Waals surface area contributed by atoms with Gasteiger partial charge in [-0.05, 0) is 30.5 Å². The standard InChI is InChI=1S/C21H18N8OS/c1-13-18-15(9-16(17-6-4-8-31-17)26-20(18)28(2)27-13)21(30)24-10-14-5-3-7-23-19(14)29-12-22-11-25-29/h3-9,11-12H,10H2,1-2H3,(H,24,30). The molecule has 1 amide bonds. The molecule has 0 saturated heterocycles. The van der Waals surface area contributed by atoms with Crippen molar-refractivity contribution in [1.29, 1.82) is 0 Å². The molecule has 0 aliphatic rings. The highest BCUT2D eigenvalue weighted by molar-refractivity contribution is 7.13. The van der Waals surface area contributed by atoms with Crippen molar-refractivity contribution in [2.45, 2.75) is 13.5 Å². The first-order valence-corrected chi connectivity index (χ1v) is 10.4. The minimum Gasteiger partial charge on any atom is -0.348 e. The van der Waals surface area contributed by atoms with E-state index < -0.39 is 0 Å². The van der Waals surface area contributed by atoms with E-state index in [9.17, 15) is 4.79 Å². The van der Waals surface area contributed by atoms with Crippen molar-refractivity contribution in [1.82, 2.24) is 39.8 Å². The fraction of sp³-hybridized carbons (Fsp3) is 0.143. The van der Waals surface area contributed by atoms with Crippen LogP contribution in [0.2, 0.25) is 0 Å². The molecule has 1 N–H and O–H groups in total. The van der Waals surface area contributed by atoms with Crippen LogP contribution >= 0.6 is 11.3 Å². The van der Waals surface area contributed by atoms with Crippen molar-refractivity contribution in [3.05, 3.63) is 71.4 Å². The molecule has 0 fully saturated rings. The SMILES string of the molecule is Cc1nn(C)c2nc(-c3cccs3)cc(C(=O)NCc3cccnc3-n3cncn3)c12. The summed E-state index contributed by atoms with van der Waals surface area (Å²) in [5.74, 6) is 0.423. The third-order valence-corrected chi connectivity index (χ3v) is 5.82. The summed E-state index contributed by atoms with van der Waals surface area (Å²) in [6.07, 6.45) is 4.70. The Labute approximate surface area is 181 Å². The van der Waals surface area contributed by atoms with Gasteiger partial charge in [0.1, 0.15) is 12.7 Å². The quantitative estimate of drug-likeness (QED) is 0.460. The summed E-state index contributed by atoms with van der Waals surface area (Å²) < 4.78 is 3.29. The number of amides is 1. The number of nitrogens with one attached hydrogen (secondary N) is 1. The lowest BCUT2D eigenvalue weighted by Gasteiger charge is -2.11.